The minimum Gasteiger partial charge on any atom is -0.484 e. The molecule has 1 aromatic rings. The molecule has 27 heavy (non-hydrogen) atoms. The minimum atomic E-state index is -0.483. The molecular formula is C19H31IN4O2S. The smallest absolute Gasteiger partial charge is 0.255 e. The predicted octanol–water partition coefficient (Wildman–Crippen LogP) is 2.90. The van der Waals surface area contributed by atoms with E-state index in [2.05, 4.69) is 23.8 Å². The van der Waals surface area contributed by atoms with Crippen molar-refractivity contribution in [3.8, 4) is 5.75 Å². The molecule has 152 valence electrons. The lowest BCUT2D eigenvalue weighted by Crippen LogP contribution is -2.45. The summed E-state index contributed by atoms with van der Waals surface area (Å²) in [6.45, 7) is 3.32. The number of halogens is 1. The molecule has 0 saturated heterocycles. The van der Waals surface area contributed by atoms with Crippen molar-refractivity contribution in [1.82, 2.24) is 10.6 Å². The van der Waals surface area contributed by atoms with Crippen LogP contribution < -0.4 is 21.1 Å². The number of rotatable bonds is 8. The molecule has 0 spiro atoms. The number of nitrogens with zero attached hydrogens (tertiary/aromatic N) is 1. The van der Waals surface area contributed by atoms with Gasteiger partial charge in [-0.2, -0.15) is 11.8 Å². The highest BCUT2D eigenvalue weighted by atomic mass is 127. The van der Waals surface area contributed by atoms with Crippen molar-refractivity contribution < 1.29 is 9.53 Å². The number of primary amides is 1. The minimum absolute atomic E-state index is 0. The number of nitrogens with one attached hydrogen (secondary N) is 2. The number of carbonyl (C=O) groups excluding carboxylic acids is 1. The molecule has 2 rings (SSSR count). The second kappa shape index (κ2) is 13.1. The van der Waals surface area contributed by atoms with Crippen LogP contribution in [0, 0.1) is 0 Å². The molecule has 0 heterocycles. The van der Waals surface area contributed by atoms with E-state index < -0.39 is 5.91 Å². The number of benzene rings is 1. The zero-order chi connectivity index (χ0) is 18.8. The van der Waals surface area contributed by atoms with Crippen molar-refractivity contribution in [3.63, 3.8) is 0 Å². The van der Waals surface area contributed by atoms with Crippen LogP contribution in [0.15, 0.2) is 29.3 Å². The fourth-order valence-electron chi connectivity index (χ4n) is 3.06. The number of hydrogen-bond acceptors (Lipinski definition) is 4. The summed E-state index contributed by atoms with van der Waals surface area (Å²) in [5.74, 6) is 0.996. The summed E-state index contributed by atoms with van der Waals surface area (Å²) < 4.78 is 5.35. The lowest BCUT2D eigenvalue weighted by molar-refractivity contribution is -0.119. The Kier molecular flexibility index (Phi) is 11.6. The second-order valence-corrected chi connectivity index (χ2v) is 7.60. The van der Waals surface area contributed by atoms with Gasteiger partial charge in [-0.3, -0.25) is 4.79 Å². The molecule has 6 nitrogen and oxygen atoms in total. The maximum absolute atomic E-state index is 10.8. The van der Waals surface area contributed by atoms with Crippen molar-refractivity contribution in [2.75, 3.05) is 19.4 Å². The molecule has 4 N–H and O–H groups in total. The van der Waals surface area contributed by atoms with Crippen LogP contribution in [0.5, 0.6) is 5.75 Å². The molecule has 0 aromatic heterocycles. The second-order valence-electron chi connectivity index (χ2n) is 6.46. The standard InChI is InChI=1S/C19H30N4O2S.HI/c1-3-21-19(23-15-7-5-9-17(11-15)26-2)22-12-14-6-4-8-16(10-14)25-13-18(20)24;/h4,6,8,10,15,17H,3,5,7,9,11-13H2,1-2H3,(H2,20,24)(H2,21,22,23);1H. The van der Waals surface area contributed by atoms with Gasteiger partial charge in [-0.05, 0) is 50.1 Å². The molecule has 0 aliphatic heterocycles. The van der Waals surface area contributed by atoms with E-state index in [9.17, 15) is 4.79 Å². The molecule has 0 bridgehead atoms. The highest BCUT2D eigenvalue weighted by molar-refractivity contribution is 14.0. The Morgan fingerprint density at radius 2 is 2.22 bits per heavy atom. The molecule has 0 radical (unpaired) electrons. The van der Waals surface area contributed by atoms with Crippen LogP contribution in [0.4, 0.5) is 0 Å². The van der Waals surface area contributed by atoms with E-state index in [1.807, 2.05) is 36.0 Å². The Hall–Kier alpha value is -1.16. The summed E-state index contributed by atoms with van der Waals surface area (Å²) in [6.07, 6.45) is 7.15. The monoisotopic (exact) mass is 506 g/mol. The first-order valence-electron chi connectivity index (χ1n) is 9.18. The van der Waals surface area contributed by atoms with Crippen molar-refractivity contribution in [2.24, 2.45) is 10.7 Å². The Morgan fingerprint density at radius 1 is 1.41 bits per heavy atom. The number of hydrogen-bond donors (Lipinski definition) is 3. The topological polar surface area (TPSA) is 88.7 Å². The van der Waals surface area contributed by atoms with Crippen LogP contribution in [0.3, 0.4) is 0 Å². The number of thioether (sulfide) groups is 1. The number of aliphatic imine (C=N–C) groups is 1. The first kappa shape index (κ1) is 23.9. The van der Waals surface area contributed by atoms with E-state index in [-0.39, 0.29) is 30.6 Å². The van der Waals surface area contributed by atoms with Gasteiger partial charge in [0.15, 0.2) is 12.6 Å². The largest absolute Gasteiger partial charge is 0.484 e. The van der Waals surface area contributed by atoms with Crippen LogP contribution in [0.2, 0.25) is 0 Å². The number of guanidine groups is 1. The van der Waals surface area contributed by atoms with Gasteiger partial charge in [-0.15, -0.1) is 24.0 Å². The average molecular weight is 506 g/mol. The zero-order valence-electron chi connectivity index (χ0n) is 16.1. The van der Waals surface area contributed by atoms with Gasteiger partial charge in [-0.25, -0.2) is 4.99 Å². The van der Waals surface area contributed by atoms with Gasteiger partial charge in [0.2, 0.25) is 0 Å². The third-order valence-corrected chi connectivity index (χ3v) is 5.44. The molecule has 2 unspecified atom stereocenters. The van der Waals surface area contributed by atoms with E-state index in [1.54, 1.807) is 0 Å². The summed E-state index contributed by atoms with van der Waals surface area (Å²) in [5.41, 5.74) is 6.14. The van der Waals surface area contributed by atoms with E-state index in [0.29, 0.717) is 18.3 Å². The molecule has 1 saturated carbocycles. The highest BCUT2D eigenvalue weighted by Crippen LogP contribution is 2.26. The van der Waals surface area contributed by atoms with Gasteiger partial charge < -0.3 is 21.1 Å². The SMILES string of the molecule is CCNC(=NCc1cccc(OCC(N)=O)c1)NC1CCCC(SC)C1.I. The number of ether oxygens (including phenoxy) is 1. The van der Waals surface area contributed by atoms with Crippen LogP contribution in [-0.2, 0) is 11.3 Å². The van der Waals surface area contributed by atoms with Crippen LogP contribution >= 0.6 is 35.7 Å². The maximum atomic E-state index is 10.8. The van der Waals surface area contributed by atoms with Crippen molar-refractivity contribution in [2.45, 2.75) is 50.4 Å². The van der Waals surface area contributed by atoms with E-state index in [1.165, 1.54) is 25.7 Å². The lowest BCUT2D eigenvalue weighted by Gasteiger charge is -2.29. The summed E-state index contributed by atoms with van der Waals surface area (Å²) >= 11 is 1.96. The lowest BCUT2D eigenvalue weighted by atomic mass is 9.95. The van der Waals surface area contributed by atoms with Crippen molar-refractivity contribution in [3.05, 3.63) is 29.8 Å². The Labute approximate surface area is 183 Å². The van der Waals surface area contributed by atoms with Crippen LogP contribution in [0.25, 0.3) is 0 Å². The average Bonchev–Trinajstić information content (AvgIpc) is 2.65. The van der Waals surface area contributed by atoms with Gasteiger partial charge in [0.05, 0.1) is 6.54 Å². The Morgan fingerprint density at radius 3 is 2.93 bits per heavy atom. The van der Waals surface area contributed by atoms with Gasteiger partial charge in [-0.1, -0.05) is 18.6 Å². The third kappa shape index (κ3) is 9.05. The fourth-order valence-corrected chi connectivity index (χ4v) is 3.89. The number of amides is 1. The van der Waals surface area contributed by atoms with Gasteiger partial charge in [0, 0.05) is 17.8 Å². The maximum Gasteiger partial charge on any atom is 0.255 e. The third-order valence-electron chi connectivity index (χ3n) is 4.34. The molecule has 1 aliphatic carbocycles. The summed E-state index contributed by atoms with van der Waals surface area (Å²) in [7, 11) is 0. The first-order chi connectivity index (χ1) is 12.6. The molecule has 1 fully saturated rings. The molecule has 8 heteroatoms. The van der Waals surface area contributed by atoms with E-state index in [0.717, 1.165) is 23.3 Å². The van der Waals surface area contributed by atoms with E-state index >= 15 is 0 Å². The van der Waals surface area contributed by atoms with E-state index in [4.69, 9.17) is 15.5 Å². The molecule has 1 aromatic carbocycles. The van der Waals surface area contributed by atoms with Crippen LogP contribution in [-0.4, -0.2) is 42.6 Å². The highest BCUT2D eigenvalue weighted by Gasteiger charge is 2.21. The molecule has 1 amide bonds. The van der Waals surface area contributed by atoms with Crippen LogP contribution in [0.1, 0.15) is 38.2 Å². The summed E-state index contributed by atoms with van der Waals surface area (Å²) in [6, 6.07) is 8.06. The molecule has 2 atom stereocenters. The normalized spacial score (nSPS) is 19.7. The van der Waals surface area contributed by atoms with Gasteiger partial charge >= 0.3 is 0 Å². The molecule has 1 aliphatic rings. The number of carbonyl (C=O) groups is 1. The first-order valence-corrected chi connectivity index (χ1v) is 10.5. The zero-order valence-corrected chi connectivity index (χ0v) is 19.2. The Bertz CT molecular complexity index is 615. The summed E-state index contributed by atoms with van der Waals surface area (Å²) in [5, 5.41) is 7.65. The van der Waals surface area contributed by atoms with Gasteiger partial charge in [0.1, 0.15) is 5.75 Å². The number of nitrogens with two attached hydrogens (primary N) is 1. The summed E-state index contributed by atoms with van der Waals surface area (Å²) in [4.78, 5) is 15.5. The van der Waals surface area contributed by atoms with Crippen molar-refractivity contribution >= 4 is 47.6 Å². The predicted molar refractivity (Wildman–Crippen MR) is 124 cm³/mol. The van der Waals surface area contributed by atoms with Crippen molar-refractivity contribution in [1.29, 1.82) is 0 Å². The quantitative estimate of drug-likeness (QED) is 0.287. The fraction of sp³-hybridized carbons (Fsp3) is 0.579. The Balaban J connectivity index is 0.00000364. The molecular weight excluding hydrogens is 475 g/mol. The van der Waals surface area contributed by atoms with Gasteiger partial charge in [0.25, 0.3) is 5.91 Å².